The zero-order valence-corrected chi connectivity index (χ0v) is 15.1. The van der Waals surface area contributed by atoms with Crippen molar-refractivity contribution < 1.29 is 13.9 Å². The highest BCUT2D eigenvalue weighted by molar-refractivity contribution is 5.79. The van der Waals surface area contributed by atoms with Crippen LogP contribution in [-0.2, 0) is 11.2 Å². The number of rotatable bonds is 5. The molecule has 1 fully saturated rings. The second kappa shape index (κ2) is 8.12. The van der Waals surface area contributed by atoms with Gasteiger partial charge in [0.05, 0.1) is 13.0 Å². The van der Waals surface area contributed by atoms with E-state index in [1.165, 1.54) is 6.07 Å². The molecule has 0 aliphatic carbocycles. The van der Waals surface area contributed by atoms with Crippen LogP contribution in [0, 0.1) is 5.82 Å². The predicted octanol–water partition coefficient (Wildman–Crippen LogP) is 2.29. The topological polar surface area (TPSA) is 58.6 Å². The Balaban J connectivity index is 1.58. The first kappa shape index (κ1) is 18.1. The van der Waals surface area contributed by atoms with Gasteiger partial charge >= 0.3 is 0 Å². The van der Waals surface area contributed by atoms with Crippen LogP contribution in [0.5, 0.6) is 5.88 Å². The monoisotopic (exact) mass is 358 g/mol. The molecule has 1 amide bonds. The molecule has 1 saturated heterocycles. The van der Waals surface area contributed by atoms with E-state index in [0.29, 0.717) is 24.5 Å². The van der Waals surface area contributed by atoms with Gasteiger partial charge in [0.2, 0.25) is 11.8 Å². The fourth-order valence-electron chi connectivity index (χ4n) is 2.96. The first-order valence-corrected chi connectivity index (χ1v) is 8.72. The van der Waals surface area contributed by atoms with Crippen LogP contribution in [0.3, 0.4) is 0 Å². The van der Waals surface area contributed by atoms with E-state index in [1.54, 1.807) is 29.2 Å². The van der Waals surface area contributed by atoms with Crippen LogP contribution in [0.15, 0.2) is 36.4 Å². The van der Waals surface area contributed by atoms with Gasteiger partial charge in [0.1, 0.15) is 11.9 Å². The molecule has 2 aromatic rings. The van der Waals surface area contributed by atoms with Gasteiger partial charge in [0, 0.05) is 26.7 Å². The van der Waals surface area contributed by atoms with E-state index in [9.17, 15) is 9.18 Å². The Labute approximate surface area is 152 Å². The van der Waals surface area contributed by atoms with E-state index < -0.39 is 0 Å². The summed E-state index contributed by atoms with van der Waals surface area (Å²) < 4.78 is 19.6. The number of carbonyl (C=O) groups is 1. The van der Waals surface area contributed by atoms with Gasteiger partial charge in [-0.1, -0.05) is 18.2 Å². The summed E-state index contributed by atoms with van der Waals surface area (Å²) in [6, 6.07) is 10.0. The van der Waals surface area contributed by atoms with E-state index in [4.69, 9.17) is 4.74 Å². The molecule has 1 aromatic carbocycles. The molecule has 1 atom stereocenters. The van der Waals surface area contributed by atoms with Crippen molar-refractivity contribution in [2.75, 3.05) is 32.1 Å². The zero-order valence-electron chi connectivity index (χ0n) is 15.1. The van der Waals surface area contributed by atoms with Crippen LogP contribution in [0.1, 0.15) is 18.4 Å². The molecule has 7 heteroatoms. The molecule has 1 aliphatic heterocycles. The lowest BCUT2D eigenvalue weighted by Crippen LogP contribution is -2.45. The number of likely N-dealkylation sites (tertiary alicyclic amines) is 1. The summed E-state index contributed by atoms with van der Waals surface area (Å²) in [7, 11) is 3.79. The second-order valence-electron chi connectivity index (χ2n) is 6.61. The van der Waals surface area contributed by atoms with E-state index in [-0.39, 0.29) is 24.2 Å². The maximum absolute atomic E-state index is 13.8. The highest BCUT2D eigenvalue weighted by Gasteiger charge is 2.25. The highest BCUT2D eigenvalue weighted by Crippen LogP contribution is 2.19. The summed E-state index contributed by atoms with van der Waals surface area (Å²) >= 11 is 0. The van der Waals surface area contributed by atoms with Gasteiger partial charge in [0.25, 0.3) is 0 Å². The number of hydrogen-bond acceptors (Lipinski definition) is 5. The number of aromatic nitrogens is 2. The van der Waals surface area contributed by atoms with Gasteiger partial charge < -0.3 is 14.5 Å². The molecule has 138 valence electrons. The lowest BCUT2D eigenvalue weighted by Gasteiger charge is -2.32. The summed E-state index contributed by atoms with van der Waals surface area (Å²) in [5.74, 6) is 0.769. The average Bonchev–Trinajstić information content (AvgIpc) is 2.64. The van der Waals surface area contributed by atoms with Gasteiger partial charge in [-0.3, -0.25) is 4.79 Å². The SMILES string of the molecule is CN(C)c1ccc(OC2CCCN(C(=O)Cc3ccccc3F)C2)nn1. The van der Waals surface area contributed by atoms with Gasteiger partial charge in [-0.15, -0.1) is 10.2 Å². The number of anilines is 1. The number of carbonyl (C=O) groups excluding carboxylic acids is 1. The summed E-state index contributed by atoms with van der Waals surface area (Å²) in [6.07, 6.45) is 1.63. The Bertz CT molecular complexity index is 751. The maximum Gasteiger partial charge on any atom is 0.233 e. The van der Waals surface area contributed by atoms with Crippen LogP contribution < -0.4 is 9.64 Å². The third-order valence-corrected chi connectivity index (χ3v) is 4.40. The summed E-state index contributed by atoms with van der Waals surface area (Å²) in [6.45, 7) is 1.14. The Morgan fingerprint density at radius 1 is 1.27 bits per heavy atom. The van der Waals surface area contributed by atoms with E-state index in [2.05, 4.69) is 10.2 Å². The van der Waals surface area contributed by atoms with Crippen LogP contribution in [0.25, 0.3) is 0 Å². The van der Waals surface area contributed by atoms with Crippen molar-refractivity contribution in [3.05, 3.63) is 47.8 Å². The van der Waals surface area contributed by atoms with Crippen LogP contribution in [0.2, 0.25) is 0 Å². The summed E-state index contributed by atoms with van der Waals surface area (Å²) in [4.78, 5) is 16.1. The summed E-state index contributed by atoms with van der Waals surface area (Å²) in [5, 5.41) is 8.17. The van der Waals surface area contributed by atoms with Gasteiger partial charge in [0.15, 0.2) is 5.82 Å². The lowest BCUT2D eigenvalue weighted by atomic mass is 10.1. The highest BCUT2D eigenvalue weighted by atomic mass is 19.1. The number of hydrogen-bond donors (Lipinski definition) is 0. The molecule has 1 aromatic heterocycles. The number of piperidine rings is 1. The Morgan fingerprint density at radius 3 is 2.77 bits per heavy atom. The van der Waals surface area contributed by atoms with Crippen molar-refractivity contribution in [2.45, 2.75) is 25.4 Å². The number of benzene rings is 1. The molecule has 1 aliphatic rings. The Hall–Kier alpha value is -2.70. The molecule has 0 bridgehead atoms. The predicted molar refractivity (Wildman–Crippen MR) is 96.7 cm³/mol. The first-order valence-electron chi connectivity index (χ1n) is 8.72. The fourth-order valence-corrected chi connectivity index (χ4v) is 2.96. The molecule has 0 saturated carbocycles. The molecule has 0 spiro atoms. The third-order valence-electron chi connectivity index (χ3n) is 4.40. The number of nitrogens with zero attached hydrogens (tertiary/aromatic N) is 4. The van der Waals surface area contributed by atoms with Crippen molar-refractivity contribution >= 4 is 11.7 Å². The number of halogens is 1. The largest absolute Gasteiger partial charge is 0.471 e. The Kier molecular flexibility index (Phi) is 5.65. The average molecular weight is 358 g/mol. The lowest BCUT2D eigenvalue weighted by molar-refractivity contribution is -0.133. The van der Waals surface area contributed by atoms with Gasteiger partial charge in [-0.2, -0.15) is 0 Å². The molecule has 6 nitrogen and oxygen atoms in total. The summed E-state index contributed by atoms with van der Waals surface area (Å²) in [5.41, 5.74) is 0.422. The van der Waals surface area contributed by atoms with Crippen molar-refractivity contribution in [1.29, 1.82) is 0 Å². The second-order valence-corrected chi connectivity index (χ2v) is 6.61. The normalized spacial score (nSPS) is 17.0. The van der Waals surface area contributed by atoms with Crippen molar-refractivity contribution in [1.82, 2.24) is 15.1 Å². The smallest absolute Gasteiger partial charge is 0.233 e. The van der Waals surface area contributed by atoms with Crippen LogP contribution in [-0.4, -0.2) is 54.3 Å². The third kappa shape index (κ3) is 4.47. The molecule has 0 N–H and O–H groups in total. The number of amides is 1. The van der Waals surface area contributed by atoms with Crippen molar-refractivity contribution in [3.8, 4) is 5.88 Å². The quantitative estimate of drug-likeness (QED) is 0.821. The standard InChI is InChI=1S/C19H23FN4O2/c1-23(2)17-9-10-18(22-21-17)26-15-7-5-11-24(13-15)19(25)12-14-6-3-4-8-16(14)20/h3-4,6,8-10,15H,5,7,11-13H2,1-2H3. The van der Waals surface area contributed by atoms with Crippen LogP contribution in [0.4, 0.5) is 10.2 Å². The fraction of sp³-hybridized carbons (Fsp3) is 0.421. The molecule has 2 heterocycles. The minimum absolute atomic E-state index is 0.0662. The van der Waals surface area contributed by atoms with Crippen molar-refractivity contribution in [2.24, 2.45) is 0 Å². The van der Waals surface area contributed by atoms with Gasteiger partial charge in [-0.05, 0) is 30.5 Å². The number of ether oxygens (including phenoxy) is 1. The molecular weight excluding hydrogens is 335 g/mol. The minimum atomic E-state index is -0.345. The van der Waals surface area contributed by atoms with E-state index >= 15 is 0 Å². The van der Waals surface area contributed by atoms with E-state index in [1.807, 2.05) is 25.1 Å². The molecule has 0 radical (unpaired) electrons. The molecule has 3 rings (SSSR count). The van der Waals surface area contributed by atoms with Gasteiger partial charge in [-0.25, -0.2) is 4.39 Å². The molecule has 1 unspecified atom stereocenters. The molecule has 26 heavy (non-hydrogen) atoms. The minimum Gasteiger partial charge on any atom is -0.471 e. The maximum atomic E-state index is 13.8. The van der Waals surface area contributed by atoms with Crippen molar-refractivity contribution in [3.63, 3.8) is 0 Å². The first-order chi connectivity index (χ1) is 12.5. The van der Waals surface area contributed by atoms with Crippen LogP contribution >= 0.6 is 0 Å². The van der Waals surface area contributed by atoms with E-state index in [0.717, 1.165) is 18.7 Å². The Morgan fingerprint density at radius 2 is 2.08 bits per heavy atom. The molecular formula is C19H23FN4O2. The zero-order chi connectivity index (χ0) is 18.5.